The van der Waals surface area contributed by atoms with E-state index in [1.165, 1.54) is 23.5 Å². The van der Waals surface area contributed by atoms with Crippen molar-refractivity contribution in [2.75, 3.05) is 14.2 Å². The molecule has 0 fully saturated rings. The molecule has 1 aromatic carbocycles. The number of hydrogen-bond acceptors (Lipinski definition) is 3. The second kappa shape index (κ2) is 7.72. The van der Waals surface area contributed by atoms with Gasteiger partial charge in [0, 0.05) is 11.3 Å². The van der Waals surface area contributed by atoms with Crippen molar-refractivity contribution in [1.29, 1.82) is 0 Å². The molecule has 0 bridgehead atoms. The van der Waals surface area contributed by atoms with Crippen LogP contribution in [0.2, 0.25) is 0 Å². The van der Waals surface area contributed by atoms with E-state index in [0.29, 0.717) is 16.9 Å². The molecule has 0 aromatic heterocycles. The number of hydrogen-bond donors (Lipinski definition) is 0. The van der Waals surface area contributed by atoms with E-state index in [9.17, 15) is 4.79 Å². The third-order valence-corrected chi connectivity index (χ3v) is 1.70. The van der Waals surface area contributed by atoms with Gasteiger partial charge in [-0.05, 0) is 0 Å². The standard InChI is InChI=1S/C10H11O3.BrH.Zn/c1-7-6-8(10(11)13-3)4-5-9(7)12-2;;/h4-6H,1H2,2-3H3;1H;/q-1;;+2/p-1. The minimum atomic E-state index is -0.368. The monoisotopic (exact) mass is 322 g/mol. The van der Waals surface area contributed by atoms with E-state index in [1.807, 2.05) is 0 Å². The topological polar surface area (TPSA) is 35.5 Å². The molecule has 0 saturated carbocycles. The summed E-state index contributed by atoms with van der Waals surface area (Å²) in [6.45, 7) is 3.74. The SMILES string of the molecule is [CH2-]c1cc(C(=O)OC)ccc1OC.[Zn+][Br]. The molecular formula is C10H11BrO3Zn. The molecule has 0 aliphatic rings. The van der Waals surface area contributed by atoms with Gasteiger partial charge < -0.3 is 9.47 Å². The third kappa shape index (κ3) is 4.22. The predicted octanol–water partition coefficient (Wildman–Crippen LogP) is 2.51. The van der Waals surface area contributed by atoms with Crippen molar-refractivity contribution in [3.63, 3.8) is 0 Å². The van der Waals surface area contributed by atoms with E-state index >= 15 is 0 Å². The zero-order valence-electron chi connectivity index (χ0n) is 8.75. The number of esters is 1. The Morgan fingerprint density at radius 2 is 2.00 bits per heavy atom. The Morgan fingerprint density at radius 3 is 2.40 bits per heavy atom. The van der Waals surface area contributed by atoms with E-state index in [0.717, 1.165) is 0 Å². The Labute approximate surface area is 106 Å². The Kier molecular flexibility index (Phi) is 7.44. The minimum absolute atomic E-state index is 0.368. The fourth-order valence-corrected chi connectivity index (χ4v) is 1.02. The number of rotatable bonds is 2. The van der Waals surface area contributed by atoms with E-state index in [4.69, 9.17) is 4.74 Å². The Balaban J connectivity index is 0.000000921. The van der Waals surface area contributed by atoms with Crippen LogP contribution < -0.4 is 4.74 Å². The molecule has 0 unspecified atom stereocenters. The number of methoxy groups -OCH3 is 2. The van der Waals surface area contributed by atoms with Crippen molar-refractivity contribution >= 4 is 19.6 Å². The molecule has 1 rings (SSSR count). The van der Waals surface area contributed by atoms with Gasteiger partial charge >= 0.3 is 35.9 Å². The van der Waals surface area contributed by atoms with Crippen molar-refractivity contribution in [3.8, 4) is 5.75 Å². The van der Waals surface area contributed by atoms with Crippen LogP contribution >= 0.6 is 13.6 Å². The van der Waals surface area contributed by atoms with Gasteiger partial charge in [-0.2, -0.15) is 12.5 Å². The first kappa shape index (κ1) is 14.5. The molecule has 0 N–H and O–H groups in total. The van der Waals surface area contributed by atoms with Gasteiger partial charge in [0.2, 0.25) is 0 Å². The van der Waals surface area contributed by atoms with Crippen LogP contribution in [0.3, 0.4) is 0 Å². The summed E-state index contributed by atoms with van der Waals surface area (Å²) >= 11 is 4.25. The first-order chi connectivity index (χ1) is 7.19. The van der Waals surface area contributed by atoms with E-state index < -0.39 is 0 Å². The summed E-state index contributed by atoms with van der Waals surface area (Å²) in [7, 11) is 2.90. The van der Waals surface area contributed by atoms with Crippen LogP contribution in [0, 0.1) is 6.92 Å². The van der Waals surface area contributed by atoms with E-state index in [1.54, 1.807) is 25.3 Å². The van der Waals surface area contributed by atoms with Gasteiger partial charge in [-0.25, -0.2) is 4.79 Å². The molecule has 0 aliphatic heterocycles. The van der Waals surface area contributed by atoms with Gasteiger partial charge in [-0.3, -0.25) is 0 Å². The number of benzene rings is 1. The van der Waals surface area contributed by atoms with Crippen LogP contribution in [-0.2, 0) is 21.1 Å². The molecule has 3 nitrogen and oxygen atoms in total. The summed E-state index contributed by atoms with van der Waals surface area (Å²) < 4.78 is 9.56. The van der Waals surface area contributed by atoms with Crippen molar-refractivity contribution in [3.05, 3.63) is 36.2 Å². The van der Waals surface area contributed by atoms with Crippen LogP contribution in [-0.4, -0.2) is 20.2 Å². The molecule has 0 heterocycles. The summed E-state index contributed by atoms with van der Waals surface area (Å²) in [5.41, 5.74) is 1.15. The zero-order chi connectivity index (χ0) is 11.8. The summed E-state index contributed by atoms with van der Waals surface area (Å²) in [4.78, 5) is 11.1. The fraction of sp³-hybridized carbons (Fsp3) is 0.200. The first-order valence-electron chi connectivity index (χ1n) is 4.04. The Morgan fingerprint density at radius 1 is 1.40 bits per heavy atom. The second-order valence-electron chi connectivity index (χ2n) is 2.52. The molecule has 78 valence electrons. The van der Waals surface area contributed by atoms with E-state index in [-0.39, 0.29) is 5.97 Å². The van der Waals surface area contributed by atoms with Crippen LogP contribution in [0.1, 0.15) is 15.9 Å². The normalized spacial score (nSPS) is 8.60. The van der Waals surface area contributed by atoms with Crippen LogP contribution in [0.15, 0.2) is 18.2 Å². The molecule has 15 heavy (non-hydrogen) atoms. The summed E-state index contributed by atoms with van der Waals surface area (Å²) in [5.74, 6) is 0.292. The fourth-order valence-electron chi connectivity index (χ4n) is 1.02. The molecule has 1 aromatic rings. The second-order valence-corrected chi connectivity index (χ2v) is 2.52. The van der Waals surface area contributed by atoms with Gasteiger partial charge in [0.15, 0.2) is 0 Å². The van der Waals surface area contributed by atoms with Crippen LogP contribution in [0.4, 0.5) is 0 Å². The quantitative estimate of drug-likeness (QED) is 0.476. The van der Waals surface area contributed by atoms with Gasteiger partial charge in [0.25, 0.3) is 0 Å². The molecule has 0 aliphatic carbocycles. The van der Waals surface area contributed by atoms with E-state index in [2.05, 4.69) is 25.3 Å². The van der Waals surface area contributed by atoms with Crippen molar-refractivity contribution in [1.82, 2.24) is 0 Å². The molecule has 5 heteroatoms. The molecule has 0 radical (unpaired) electrons. The van der Waals surface area contributed by atoms with Crippen molar-refractivity contribution in [2.24, 2.45) is 0 Å². The number of ether oxygens (including phenoxy) is 2. The number of halogens is 1. The maximum absolute atomic E-state index is 11.1. The number of carbonyl (C=O) groups is 1. The zero-order valence-corrected chi connectivity index (χ0v) is 13.3. The Hall–Kier alpha value is -0.537. The van der Waals surface area contributed by atoms with Gasteiger partial charge in [0.05, 0.1) is 14.2 Å². The molecule has 0 saturated heterocycles. The molecule has 0 amide bonds. The average molecular weight is 324 g/mol. The maximum atomic E-state index is 11.1. The molecular weight excluding hydrogens is 313 g/mol. The first-order valence-corrected chi connectivity index (χ1v) is 11.0. The Bertz CT molecular complexity index is 328. The van der Waals surface area contributed by atoms with Crippen molar-refractivity contribution < 1.29 is 30.6 Å². The molecule has 0 spiro atoms. The average Bonchev–Trinajstić information content (AvgIpc) is 2.30. The van der Waals surface area contributed by atoms with Crippen molar-refractivity contribution in [2.45, 2.75) is 0 Å². The third-order valence-electron chi connectivity index (χ3n) is 1.70. The number of carbonyl (C=O) groups excluding carboxylic acids is 1. The van der Waals surface area contributed by atoms with Crippen LogP contribution in [0.5, 0.6) is 5.75 Å². The van der Waals surface area contributed by atoms with Gasteiger partial charge in [-0.15, -0.1) is 6.07 Å². The van der Waals surface area contributed by atoms with Gasteiger partial charge in [0.1, 0.15) is 0 Å². The summed E-state index contributed by atoms with van der Waals surface area (Å²) in [6, 6.07) is 4.96. The van der Waals surface area contributed by atoms with Gasteiger partial charge in [-0.1, -0.05) is 12.1 Å². The summed E-state index contributed by atoms with van der Waals surface area (Å²) in [5, 5.41) is 0. The molecule has 0 atom stereocenters. The van der Waals surface area contributed by atoms with Crippen LogP contribution in [0.25, 0.3) is 0 Å². The summed E-state index contributed by atoms with van der Waals surface area (Å²) in [6.07, 6.45) is 0. The predicted molar refractivity (Wildman–Crippen MR) is 57.7 cm³/mol.